The standard InChI is InChI=1S/C14H23N3O3S/c1-12(2)21(19,20)11-14(18)17-9-4-3-6-13(17)10-16-8-5-7-15-16/h5,7-8,12-13H,3-4,6,9-11H2,1-2H3/t13-/m0/s1. The van der Waals surface area contributed by atoms with Crippen LogP contribution in [0.5, 0.6) is 0 Å². The molecule has 1 atom stereocenters. The van der Waals surface area contributed by atoms with Crippen LogP contribution in [0.2, 0.25) is 0 Å². The fourth-order valence-corrected chi connectivity index (χ4v) is 3.41. The van der Waals surface area contributed by atoms with Crippen LogP contribution in [0, 0.1) is 0 Å². The molecule has 0 bridgehead atoms. The van der Waals surface area contributed by atoms with Crippen molar-refractivity contribution in [3.8, 4) is 0 Å². The Morgan fingerprint density at radius 2 is 2.14 bits per heavy atom. The zero-order valence-electron chi connectivity index (χ0n) is 12.6. The van der Waals surface area contributed by atoms with E-state index < -0.39 is 15.1 Å². The lowest BCUT2D eigenvalue weighted by Gasteiger charge is -2.35. The fourth-order valence-electron chi connectivity index (χ4n) is 2.56. The molecule has 1 aromatic heterocycles. The summed E-state index contributed by atoms with van der Waals surface area (Å²) < 4.78 is 25.7. The quantitative estimate of drug-likeness (QED) is 0.815. The Hall–Kier alpha value is -1.37. The molecule has 0 unspecified atom stereocenters. The van der Waals surface area contributed by atoms with Crippen molar-refractivity contribution >= 4 is 15.7 Å². The van der Waals surface area contributed by atoms with Gasteiger partial charge in [-0.1, -0.05) is 0 Å². The maximum atomic E-state index is 12.4. The van der Waals surface area contributed by atoms with Gasteiger partial charge in [0.2, 0.25) is 5.91 Å². The van der Waals surface area contributed by atoms with Crippen LogP contribution in [-0.2, 0) is 21.2 Å². The van der Waals surface area contributed by atoms with Crippen LogP contribution in [0.1, 0.15) is 33.1 Å². The summed E-state index contributed by atoms with van der Waals surface area (Å²) in [4.78, 5) is 14.1. The first-order chi connectivity index (χ1) is 9.90. The number of amides is 1. The van der Waals surface area contributed by atoms with Crippen molar-refractivity contribution in [1.82, 2.24) is 14.7 Å². The van der Waals surface area contributed by atoms with Gasteiger partial charge in [-0.15, -0.1) is 0 Å². The highest BCUT2D eigenvalue weighted by Crippen LogP contribution is 2.19. The summed E-state index contributed by atoms with van der Waals surface area (Å²) in [5, 5.41) is 3.65. The minimum atomic E-state index is -3.35. The van der Waals surface area contributed by atoms with E-state index in [0.717, 1.165) is 19.3 Å². The van der Waals surface area contributed by atoms with E-state index in [1.807, 2.05) is 12.3 Å². The average molecular weight is 313 g/mol. The predicted octanol–water partition coefficient (Wildman–Crippen LogP) is 1.09. The van der Waals surface area contributed by atoms with Crippen LogP contribution >= 0.6 is 0 Å². The lowest BCUT2D eigenvalue weighted by molar-refractivity contribution is -0.132. The van der Waals surface area contributed by atoms with Crippen molar-refractivity contribution < 1.29 is 13.2 Å². The normalized spacial score (nSPS) is 20.0. The summed E-state index contributed by atoms with van der Waals surface area (Å²) in [7, 11) is -3.35. The van der Waals surface area contributed by atoms with Crippen molar-refractivity contribution in [3.63, 3.8) is 0 Å². The number of sulfone groups is 1. The van der Waals surface area contributed by atoms with E-state index in [0.29, 0.717) is 13.1 Å². The van der Waals surface area contributed by atoms with Crippen molar-refractivity contribution in [1.29, 1.82) is 0 Å². The summed E-state index contributed by atoms with van der Waals surface area (Å²) in [6.45, 7) is 4.49. The second-order valence-electron chi connectivity index (χ2n) is 5.82. The Kier molecular flexibility index (Phi) is 5.03. The molecule has 1 fully saturated rings. The molecule has 0 aromatic carbocycles. The first-order valence-electron chi connectivity index (χ1n) is 7.38. The molecule has 1 aromatic rings. The number of rotatable bonds is 5. The van der Waals surface area contributed by atoms with Crippen molar-refractivity contribution in [2.24, 2.45) is 0 Å². The van der Waals surface area contributed by atoms with E-state index in [1.54, 1.807) is 29.6 Å². The molecule has 2 rings (SSSR count). The van der Waals surface area contributed by atoms with E-state index in [2.05, 4.69) is 5.10 Å². The number of piperidine rings is 1. The Morgan fingerprint density at radius 1 is 1.38 bits per heavy atom. The minimum absolute atomic E-state index is 0.0357. The molecule has 7 heteroatoms. The van der Waals surface area contributed by atoms with Crippen LogP contribution in [-0.4, -0.2) is 52.6 Å². The summed E-state index contributed by atoms with van der Waals surface area (Å²) in [5.41, 5.74) is 0. The third kappa shape index (κ3) is 4.06. The molecule has 2 heterocycles. The number of carbonyl (C=O) groups excluding carboxylic acids is 1. The number of hydrogen-bond donors (Lipinski definition) is 0. The van der Waals surface area contributed by atoms with E-state index in [4.69, 9.17) is 0 Å². The van der Waals surface area contributed by atoms with Gasteiger partial charge in [-0.25, -0.2) is 8.42 Å². The van der Waals surface area contributed by atoms with Crippen molar-refractivity contribution in [2.75, 3.05) is 12.3 Å². The van der Waals surface area contributed by atoms with Crippen LogP contribution in [0.25, 0.3) is 0 Å². The minimum Gasteiger partial charge on any atom is -0.337 e. The molecule has 0 N–H and O–H groups in total. The van der Waals surface area contributed by atoms with Gasteiger partial charge in [-0.3, -0.25) is 9.48 Å². The lowest BCUT2D eigenvalue weighted by Crippen LogP contribution is -2.48. The number of likely N-dealkylation sites (tertiary alicyclic amines) is 1. The largest absolute Gasteiger partial charge is 0.337 e. The zero-order valence-corrected chi connectivity index (χ0v) is 13.4. The molecule has 1 aliphatic heterocycles. The van der Waals surface area contributed by atoms with Crippen LogP contribution in [0.4, 0.5) is 0 Å². The van der Waals surface area contributed by atoms with E-state index in [-0.39, 0.29) is 17.7 Å². The second kappa shape index (κ2) is 6.60. The highest BCUT2D eigenvalue weighted by molar-refractivity contribution is 7.92. The van der Waals surface area contributed by atoms with Gasteiger partial charge in [-0.05, 0) is 39.2 Å². The number of hydrogen-bond acceptors (Lipinski definition) is 4. The summed E-state index contributed by atoms with van der Waals surface area (Å²) >= 11 is 0. The Bertz CT molecular complexity index is 566. The molecule has 1 amide bonds. The highest BCUT2D eigenvalue weighted by atomic mass is 32.2. The van der Waals surface area contributed by atoms with Gasteiger partial charge in [0.1, 0.15) is 5.75 Å². The summed E-state index contributed by atoms with van der Waals surface area (Å²) in [5.74, 6) is -0.666. The SMILES string of the molecule is CC(C)S(=O)(=O)CC(=O)N1CCCC[C@H]1Cn1cccn1. The monoisotopic (exact) mass is 313 g/mol. The molecule has 0 radical (unpaired) electrons. The van der Waals surface area contributed by atoms with Gasteiger partial charge in [0, 0.05) is 18.9 Å². The van der Waals surface area contributed by atoms with E-state index >= 15 is 0 Å². The lowest BCUT2D eigenvalue weighted by atomic mass is 10.0. The molecule has 6 nitrogen and oxygen atoms in total. The molecule has 0 saturated carbocycles. The van der Waals surface area contributed by atoms with Crippen LogP contribution < -0.4 is 0 Å². The Labute approximate surface area is 126 Å². The maximum absolute atomic E-state index is 12.4. The zero-order chi connectivity index (χ0) is 15.5. The van der Waals surface area contributed by atoms with Gasteiger partial charge < -0.3 is 4.90 Å². The summed E-state index contributed by atoms with van der Waals surface area (Å²) in [6.07, 6.45) is 6.46. The predicted molar refractivity (Wildman–Crippen MR) is 80.5 cm³/mol. The molecule has 0 aliphatic carbocycles. The van der Waals surface area contributed by atoms with Gasteiger partial charge in [0.25, 0.3) is 0 Å². The topological polar surface area (TPSA) is 72.3 Å². The van der Waals surface area contributed by atoms with Crippen molar-refractivity contribution in [3.05, 3.63) is 18.5 Å². The molecular formula is C14H23N3O3S. The smallest absolute Gasteiger partial charge is 0.238 e. The third-order valence-electron chi connectivity index (χ3n) is 3.95. The van der Waals surface area contributed by atoms with Gasteiger partial charge in [0.15, 0.2) is 9.84 Å². The Morgan fingerprint density at radius 3 is 2.76 bits per heavy atom. The first-order valence-corrected chi connectivity index (χ1v) is 9.10. The van der Waals surface area contributed by atoms with Gasteiger partial charge in [0.05, 0.1) is 17.8 Å². The molecular weight excluding hydrogens is 290 g/mol. The van der Waals surface area contributed by atoms with Crippen LogP contribution in [0.15, 0.2) is 18.5 Å². The molecule has 1 saturated heterocycles. The second-order valence-corrected chi connectivity index (χ2v) is 8.38. The first kappa shape index (κ1) is 16.0. The Balaban J connectivity index is 2.06. The third-order valence-corrected chi connectivity index (χ3v) is 6.03. The van der Waals surface area contributed by atoms with E-state index in [9.17, 15) is 13.2 Å². The molecule has 21 heavy (non-hydrogen) atoms. The highest BCUT2D eigenvalue weighted by Gasteiger charge is 2.30. The van der Waals surface area contributed by atoms with E-state index in [1.165, 1.54) is 0 Å². The summed E-state index contributed by atoms with van der Waals surface area (Å²) in [6, 6.07) is 1.88. The van der Waals surface area contributed by atoms with Gasteiger partial charge in [-0.2, -0.15) is 5.10 Å². The number of aromatic nitrogens is 2. The number of carbonyl (C=O) groups is 1. The number of nitrogens with zero attached hydrogens (tertiary/aromatic N) is 3. The fraction of sp³-hybridized carbons (Fsp3) is 0.714. The molecule has 0 spiro atoms. The average Bonchev–Trinajstić information content (AvgIpc) is 2.91. The molecule has 1 aliphatic rings. The van der Waals surface area contributed by atoms with Gasteiger partial charge >= 0.3 is 0 Å². The molecule has 118 valence electrons. The maximum Gasteiger partial charge on any atom is 0.238 e. The van der Waals surface area contributed by atoms with Crippen LogP contribution in [0.3, 0.4) is 0 Å². The van der Waals surface area contributed by atoms with Crippen molar-refractivity contribution in [2.45, 2.75) is 50.9 Å².